The first-order valence-electron chi connectivity index (χ1n) is 9.18. The van der Waals surface area contributed by atoms with Gasteiger partial charge in [-0.15, -0.1) is 16.4 Å². The molecule has 10 nitrogen and oxygen atoms in total. The predicted molar refractivity (Wildman–Crippen MR) is 111 cm³/mol. The molecule has 4 rings (SSSR count). The van der Waals surface area contributed by atoms with Gasteiger partial charge < -0.3 is 4.74 Å². The third kappa shape index (κ3) is 3.80. The minimum Gasteiger partial charge on any atom is -0.453 e. The van der Waals surface area contributed by atoms with E-state index in [1.807, 2.05) is 0 Å². The summed E-state index contributed by atoms with van der Waals surface area (Å²) in [4.78, 5) is 24.0. The second kappa shape index (κ2) is 8.13. The van der Waals surface area contributed by atoms with E-state index in [2.05, 4.69) is 20.4 Å². The molecule has 30 heavy (non-hydrogen) atoms. The summed E-state index contributed by atoms with van der Waals surface area (Å²) >= 11 is 1.32. The number of hydrogen-bond acceptors (Lipinski definition) is 8. The summed E-state index contributed by atoms with van der Waals surface area (Å²) in [5.74, 6) is 0. The van der Waals surface area contributed by atoms with Crippen LogP contribution in [0.15, 0.2) is 45.4 Å². The Kier molecular flexibility index (Phi) is 5.54. The topological polar surface area (TPSA) is 123 Å². The number of piperidine rings is 1. The Balaban J connectivity index is 1.46. The third-order valence-corrected chi connectivity index (χ3v) is 7.79. The van der Waals surface area contributed by atoms with Gasteiger partial charge in [0.05, 0.1) is 18.0 Å². The Morgan fingerprint density at radius 1 is 1.20 bits per heavy atom. The highest BCUT2D eigenvalue weighted by Crippen LogP contribution is 2.27. The Labute approximate surface area is 176 Å². The zero-order valence-electron chi connectivity index (χ0n) is 16.0. The molecule has 0 unspecified atom stereocenters. The van der Waals surface area contributed by atoms with Crippen LogP contribution in [-0.4, -0.2) is 54.0 Å². The van der Waals surface area contributed by atoms with E-state index in [1.54, 1.807) is 11.4 Å². The number of rotatable bonds is 4. The second-order valence-electron chi connectivity index (χ2n) is 6.75. The monoisotopic (exact) mass is 449 g/mol. The highest BCUT2D eigenvalue weighted by molar-refractivity contribution is 7.89. The maximum absolute atomic E-state index is 12.9. The molecule has 3 aromatic rings. The molecule has 1 aliphatic heterocycles. The van der Waals surface area contributed by atoms with Crippen molar-refractivity contribution in [2.75, 3.05) is 25.5 Å². The van der Waals surface area contributed by atoms with Crippen LogP contribution in [0.4, 0.5) is 10.5 Å². The lowest BCUT2D eigenvalue weighted by Gasteiger charge is -2.31. The van der Waals surface area contributed by atoms with E-state index >= 15 is 0 Å². The van der Waals surface area contributed by atoms with Gasteiger partial charge in [-0.1, -0.05) is 5.21 Å². The molecule has 2 aromatic heterocycles. The lowest BCUT2D eigenvalue weighted by molar-refractivity contribution is 0.187. The average Bonchev–Trinajstić information content (AvgIpc) is 3.24. The largest absolute Gasteiger partial charge is 0.453 e. The van der Waals surface area contributed by atoms with Crippen LogP contribution in [0.1, 0.15) is 18.9 Å². The summed E-state index contributed by atoms with van der Waals surface area (Å²) in [6.07, 6.45) is 0.297. The van der Waals surface area contributed by atoms with Gasteiger partial charge in [0.25, 0.3) is 5.56 Å². The van der Waals surface area contributed by atoms with Crippen molar-refractivity contribution in [2.24, 2.45) is 0 Å². The lowest BCUT2D eigenvalue weighted by Crippen LogP contribution is -2.41. The molecule has 0 saturated carbocycles. The van der Waals surface area contributed by atoms with Gasteiger partial charge in [0, 0.05) is 18.8 Å². The zero-order valence-corrected chi connectivity index (χ0v) is 17.6. The minimum atomic E-state index is -3.69. The number of anilines is 1. The van der Waals surface area contributed by atoms with Crippen molar-refractivity contribution < 1.29 is 17.9 Å². The van der Waals surface area contributed by atoms with Crippen LogP contribution in [0.3, 0.4) is 0 Å². The molecule has 12 heteroatoms. The van der Waals surface area contributed by atoms with Gasteiger partial charge in [-0.05, 0) is 48.6 Å². The lowest BCUT2D eigenvalue weighted by atomic mass is 10.1. The number of methoxy groups -OCH3 is 1. The number of fused-ring (bicyclic) bond motifs is 1. The molecule has 0 bridgehead atoms. The Bertz CT molecular complexity index is 1230. The van der Waals surface area contributed by atoms with Crippen molar-refractivity contribution >= 4 is 43.4 Å². The van der Waals surface area contributed by atoms with Crippen molar-refractivity contribution in [3.8, 4) is 0 Å². The Morgan fingerprint density at radius 2 is 1.90 bits per heavy atom. The third-order valence-electron chi connectivity index (χ3n) is 4.99. The number of aromatic nitrogens is 3. The van der Waals surface area contributed by atoms with E-state index in [-0.39, 0.29) is 29.6 Å². The van der Waals surface area contributed by atoms with Crippen LogP contribution in [0.2, 0.25) is 0 Å². The molecule has 1 N–H and O–H groups in total. The molecular formula is C18H19N5O5S2. The van der Waals surface area contributed by atoms with E-state index in [1.165, 1.54) is 51.7 Å². The highest BCUT2D eigenvalue weighted by atomic mass is 32.2. The maximum Gasteiger partial charge on any atom is 0.411 e. The second-order valence-corrected chi connectivity index (χ2v) is 9.60. The van der Waals surface area contributed by atoms with Gasteiger partial charge in [-0.3, -0.25) is 10.1 Å². The minimum absolute atomic E-state index is 0.133. The summed E-state index contributed by atoms with van der Waals surface area (Å²) in [7, 11) is -2.44. The fraction of sp³-hybridized carbons (Fsp3) is 0.333. The van der Waals surface area contributed by atoms with Crippen molar-refractivity contribution in [3.63, 3.8) is 0 Å². The van der Waals surface area contributed by atoms with Crippen molar-refractivity contribution in [2.45, 2.75) is 23.8 Å². The first-order chi connectivity index (χ1) is 14.4. The molecule has 158 valence electrons. The molecule has 1 saturated heterocycles. The van der Waals surface area contributed by atoms with Crippen LogP contribution < -0.4 is 10.9 Å². The van der Waals surface area contributed by atoms with Crippen LogP contribution >= 0.6 is 11.3 Å². The number of sulfonamides is 1. The van der Waals surface area contributed by atoms with Crippen molar-refractivity contribution in [1.29, 1.82) is 0 Å². The number of ether oxygens (including phenoxy) is 1. The number of carbonyl (C=O) groups is 1. The quantitative estimate of drug-likeness (QED) is 0.646. The van der Waals surface area contributed by atoms with Gasteiger partial charge >= 0.3 is 6.09 Å². The average molecular weight is 450 g/mol. The molecule has 0 spiro atoms. The number of hydrogen-bond donors (Lipinski definition) is 1. The smallest absolute Gasteiger partial charge is 0.411 e. The molecule has 1 aliphatic rings. The van der Waals surface area contributed by atoms with Gasteiger partial charge in [-0.25, -0.2) is 17.9 Å². The van der Waals surface area contributed by atoms with Gasteiger partial charge in [0.2, 0.25) is 10.0 Å². The fourth-order valence-electron chi connectivity index (χ4n) is 3.38. The Morgan fingerprint density at radius 3 is 2.57 bits per heavy atom. The fourth-order valence-corrected chi connectivity index (χ4v) is 5.60. The van der Waals surface area contributed by atoms with E-state index < -0.39 is 16.1 Å². The van der Waals surface area contributed by atoms with E-state index in [9.17, 15) is 18.0 Å². The molecule has 0 atom stereocenters. The molecule has 1 fully saturated rings. The van der Waals surface area contributed by atoms with Crippen LogP contribution in [0, 0.1) is 0 Å². The summed E-state index contributed by atoms with van der Waals surface area (Å²) < 4.78 is 33.7. The van der Waals surface area contributed by atoms with E-state index in [0.29, 0.717) is 28.7 Å². The summed E-state index contributed by atoms with van der Waals surface area (Å²) in [6.45, 7) is 0.539. The molecule has 0 aliphatic carbocycles. The summed E-state index contributed by atoms with van der Waals surface area (Å²) in [6, 6.07) is 7.43. The first kappa shape index (κ1) is 20.4. The van der Waals surface area contributed by atoms with E-state index in [4.69, 9.17) is 0 Å². The molecule has 1 amide bonds. The molecule has 0 radical (unpaired) electrons. The van der Waals surface area contributed by atoms with Gasteiger partial charge in [0.1, 0.15) is 10.2 Å². The number of nitrogens with zero attached hydrogens (tertiary/aromatic N) is 4. The Hall–Kier alpha value is -2.83. The first-order valence-corrected chi connectivity index (χ1v) is 11.5. The summed E-state index contributed by atoms with van der Waals surface area (Å²) in [5.41, 5.74) is 0.817. The summed E-state index contributed by atoms with van der Waals surface area (Å²) in [5, 5.41) is 12.4. The number of carbonyl (C=O) groups excluding carboxylic acids is 1. The van der Waals surface area contributed by atoms with E-state index in [0.717, 1.165) is 0 Å². The maximum atomic E-state index is 12.9. The van der Waals surface area contributed by atoms with Crippen LogP contribution in [0.25, 0.3) is 10.2 Å². The molecular weight excluding hydrogens is 430 g/mol. The highest BCUT2D eigenvalue weighted by Gasteiger charge is 2.31. The SMILES string of the molecule is COC(=O)Nc1ccc(S(=O)(=O)N2CCC(n3nnc4ccsc4c3=O)CC2)cc1. The standard InChI is InChI=1S/C18H19N5O5S2/c1-28-18(25)19-12-2-4-14(5-3-12)30(26,27)22-9-6-13(7-10-22)23-17(24)16-15(20-21-23)8-11-29-16/h2-5,8,11,13H,6-7,9-10H2,1H3,(H,19,25). The van der Waals surface area contributed by atoms with Gasteiger partial charge in [-0.2, -0.15) is 4.31 Å². The molecule has 3 heterocycles. The van der Waals surface area contributed by atoms with Crippen LogP contribution in [0.5, 0.6) is 0 Å². The number of nitrogens with one attached hydrogen (secondary N) is 1. The van der Waals surface area contributed by atoms with Crippen molar-refractivity contribution in [3.05, 3.63) is 46.1 Å². The zero-order chi connectivity index (χ0) is 21.3. The number of benzene rings is 1. The number of thiophene rings is 1. The molecule has 1 aromatic carbocycles. The van der Waals surface area contributed by atoms with Crippen LogP contribution in [-0.2, 0) is 14.8 Å². The van der Waals surface area contributed by atoms with Gasteiger partial charge in [0.15, 0.2) is 0 Å². The predicted octanol–water partition coefficient (Wildman–Crippen LogP) is 2.06. The normalized spacial score (nSPS) is 15.9. The van der Waals surface area contributed by atoms with Crippen molar-refractivity contribution in [1.82, 2.24) is 19.3 Å². The number of amides is 1.